The summed E-state index contributed by atoms with van der Waals surface area (Å²) in [5.74, 6) is 1.09. The van der Waals surface area contributed by atoms with Crippen molar-refractivity contribution >= 4 is 33.5 Å². The van der Waals surface area contributed by atoms with Crippen molar-refractivity contribution in [3.63, 3.8) is 0 Å². The minimum absolute atomic E-state index is 0.141. The average molecular weight is 816 g/mol. The van der Waals surface area contributed by atoms with Crippen molar-refractivity contribution in [1.82, 2.24) is 0 Å². The second-order valence-electron chi connectivity index (χ2n) is 18.1. The lowest BCUT2D eigenvalue weighted by Gasteiger charge is -2.32. The Labute approximate surface area is 372 Å². The molecular weight excluding hydrogens is 763 g/mol. The van der Waals surface area contributed by atoms with Crippen molar-refractivity contribution in [1.29, 1.82) is 0 Å². The van der Waals surface area contributed by atoms with Crippen LogP contribution in [-0.4, -0.2) is 0 Å². The molecule has 0 N–H and O–H groups in total. The third-order valence-corrected chi connectivity index (χ3v) is 13.9. The fraction of sp³-hybridized carbons (Fsp3) is 0.180. The summed E-state index contributed by atoms with van der Waals surface area (Å²) in [5.41, 5.74) is 24.1. The molecule has 0 saturated carbocycles. The summed E-state index contributed by atoms with van der Waals surface area (Å²) in [5, 5.41) is 1.20. The monoisotopic (exact) mass is 815 g/mol. The first-order valence-corrected chi connectivity index (χ1v) is 22.9. The number of hydrogen-bond acceptors (Lipinski definition) is 2. The molecular formula is C61H53NO. The second-order valence-corrected chi connectivity index (χ2v) is 18.1. The molecule has 0 fully saturated rings. The van der Waals surface area contributed by atoms with Crippen molar-refractivity contribution in [2.24, 2.45) is 0 Å². The molecule has 0 saturated heterocycles. The van der Waals surface area contributed by atoms with E-state index in [9.17, 15) is 0 Å². The maximum atomic E-state index is 6.35. The van der Waals surface area contributed by atoms with E-state index < -0.39 is 0 Å². The Balaban J connectivity index is 0.965. The quantitative estimate of drug-likeness (QED) is 0.144. The zero-order valence-corrected chi connectivity index (χ0v) is 36.8. The van der Waals surface area contributed by atoms with Gasteiger partial charge in [-0.05, 0) is 147 Å². The number of furan rings is 1. The van der Waals surface area contributed by atoms with E-state index in [0.29, 0.717) is 0 Å². The van der Waals surface area contributed by atoms with E-state index in [4.69, 9.17) is 4.42 Å². The van der Waals surface area contributed by atoms with Crippen LogP contribution < -0.4 is 4.90 Å². The number of aryl methyl sites for hydroxylation is 3. The fourth-order valence-corrected chi connectivity index (χ4v) is 10.8. The summed E-state index contributed by atoms with van der Waals surface area (Å²) in [6, 6.07) is 58.8. The molecule has 11 rings (SSSR count). The Bertz CT molecular complexity index is 3150. The lowest BCUT2D eigenvalue weighted by molar-refractivity contribution is 0.545. The van der Waals surface area contributed by atoms with Crippen LogP contribution in [0.25, 0.3) is 55.5 Å². The lowest BCUT2D eigenvalue weighted by Crippen LogP contribution is -2.19. The van der Waals surface area contributed by atoms with Gasteiger partial charge in [0, 0.05) is 45.4 Å². The average Bonchev–Trinajstić information content (AvgIpc) is 3.81. The largest absolute Gasteiger partial charge is 0.460 e. The molecule has 0 bridgehead atoms. The van der Waals surface area contributed by atoms with Gasteiger partial charge in [-0.15, -0.1) is 0 Å². The van der Waals surface area contributed by atoms with Crippen molar-refractivity contribution in [2.75, 3.05) is 4.90 Å². The Morgan fingerprint density at radius 2 is 1.25 bits per heavy atom. The number of allylic oxidation sites excluding steroid dienone is 4. The molecule has 0 amide bonds. The number of rotatable bonds is 9. The van der Waals surface area contributed by atoms with Gasteiger partial charge in [0.15, 0.2) is 0 Å². The summed E-state index contributed by atoms with van der Waals surface area (Å²) >= 11 is 0. The molecule has 3 aliphatic rings. The van der Waals surface area contributed by atoms with Crippen LogP contribution in [0.5, 0.6) is 0 Å². The molecule has 0 aliphatic heterocycles. The summed E-state index contributed by atoms with van der Waals surface area (Å²) < 4.78 is 6.35. The third kappa shape index (κ3) is 6.63. The molecule has 1 aromatic heterocycles. The van der Waals surface area contributed by atoms with E-state index in [-0.39, 0.29) is 5.41 Å². The Hall–Kier alpha value is -6.90. The molecule has 8 aromatic rings. The molecule has 0 spiro atoms. The molecule has 2 heteroatoms. The molecule has 2 nitrogen and oxygen atoms in total. The minimum atomic E-state index is -0.141. The minimum Gasteiger partial charge on any atom is -0.460 e. The van der Waals surface area contributed by atoms with E-state index in [1.807, 2.05) is 0 Å². The Morgan fingerprint density at radius 1 is 0.540 bits per heavy atom. The molecule has 308 valence electrons. The number of para-hydroxylation sites is 2. The van der Waals surface area contributed by atoms with Crippen LogP contribution in [0.4, 0.5) is 11.4 Å². The molecule has 0 atom stereocenters. The van der Waals surface area contributed by atoms with Gasteiger partial charge >= 0.3 is 0 Å². The van der Waals surface area contributed by atoms with Crippen LogP contribution in [-0.2, 0) is 18.3 Å². The van der Waals surface area contributed by atoms with E-state index >= 15 is 0 Å². The zero-order chi connectivity index (χ0) is 42.7. The predicted octanol–water partition coefficient (Wildman–Crippen LogP) is 16.6. The molecule has 0 unspecified atom stereocenters. The van der Waals surface area contributed by atoms with Gasteiger partial charge in [-0.1, -0.05) is 161 Å². The van der Waals surface area contributed by atoms with Crippen molar-refractivity contribution < 1.29 is 4.42 Å². The Morgan fingerprint density at radius 3 is 2.10 bits per heavy atom. The van der Waals surface area contributed by atoms with Crippen LogP contribution in [0.3, 0.4) is 0 Å². The van der Waals surface area contributed by atoms with Gasteiger partial charge in [-0.3, -0.25) is 0 Å². The maximum absolute atomic E-state index is 6.35. The smallest absolute Gasteiger partial charge is 0.134 e. The topological polar surface area (TPSA) is 16.4 Å². The normalized spacial score (nSPS) is 15.0. The highest BCUT2D eigenvalue weighted by Gasteiger charge is 2.36. The van der Waals surface area contributed by atoms with E-state index in [1.165, 1.54) is 94.6 Å². The van der Waals surface area contributed by atoms with Crippen LogP contribution >= 0.6 is 0 Å². The van der Waals surface area contributed by atoms with Gasteiger partial charge < -0.3 is 9.32 Å². The number of hydrogen-bond donors (Lipinski definition) is 0. The van der Waals surface area contributed by atoms with E-state index in [2.05, 4.69) is 209 Å². The van der Waals surface area contributed by atoms with Gasteiger partial charge in [0.1, 0.15) is 11.3 Å². The highest BCUT2D eigenvalue weighted by Crippen LogP contribution is 2.52. The SMILES string of the molecule is CCCc1cccc(-c2ccc3c(c2)C(C)(C)c2ccc(C4=CCCC=C4N(c4ccccc4)c4ccc(C5=CCCc6oc7ccccc7c65)cc4)cc2-3)c1-c1ccccc1C. The molecule has 7 aromatic carbocycles. The van der Waals surface area contributed by atoms with Gasteiger partial charge in [-0.2, -0.15) is 0 Å². The molecule has 3 aliphatic carbocycles. The van der Waals surface area contributed by atoms with Crippen LogP contribution in [0.2, 0.25) is 0 Å². The second kappa shape index (κ2) is 15.8. The lowest BCUT2D eigenvalue weighted by atomic mass is 9.80. The predicted molar refractivity (Wildman–Crippen MR) is 266 cm³/mol. The number of anilines is 2. The number of fused-ring (bicyclic) bond motifs is 6. The third-order valence-electron chi connectivity index (χ3n) is 13.9. The summed E-state index contributed by atoms with van der Waals surface area (Å²) in [4.78, 5) is 2.46. The van der Waals surface area contributed by atoms with Gasteiger partial charge in [-0.25, -0.2) is 0 Å². The first-order chi connectivity index (χ1) is 30.9. The highest BCUT2D eigenvalue weighted by molar-refractivity contribution is 5.99. The van der Waals surface area contributed by atoms with Crippen molar-refractivity contribution in [3.8, 4) is 33.4 Å². The van der Waals surface area contributed by atoms with Crippen molar-refractivity contribution in [2.45, 2.75) is 71.6 Å². The van der Waals surface area contributed by atoms with E-state index in [1.54, 1.807) is 0 Å². The highest BCUT2D eigenvalue weighted by atomic mass is 16.3. The molecule has 0 radical (unpaired) electrons. The van der Waals surface area contributed by atoms with E-state index in [0.717, 1.165) is 61.2 Å². The summed E-state index contributed by atoms with van der Waals surface area (Å²) in [6.07, 6.45) is 13.4. The Kier molecular flexibility index (Phi) is 9.76. The standard InChI is InChI=1S/C61H53NO/c1-5-17-42-19-15-25-50(59(42)47-22-10-9-18-40(47)2)44-32-36-51-53-38-43(33-37-54(53)61(3,4)55(51)39-44)48-23-11-13-27-56(48)62(45-20-7-6-8-21-45)46-34-30-41(31-35-46)49-26-16-29-58-60(49)52-24-12-14-28-57(52)63-58/h6-10,12,14-15,18-28,30-39H,5,11,13,16-17,29H2,1-4H3. The van der Waals surface area contributed by atoms with Crippen LogP contribution in [0, 0.1) is 6.92 Å². The van der Waals surface area contributed by atoms with Gasteiger partial charge in [0.2, 0.25) is 0 Å². The first-order valence-electron chi connectivity index (χ1n) is 22.9. The number of benzene rings is 7. The van der Waals surface area contributed by atoms with Crippen LogP contribution in [0.15, 0.2) is 186 Å². The summed E-state index contributed by atoms with van der Waals surface area (Å²) in [6.45, 7) is 9.33. The van der Waals surface area contributed by atoms with Gasteiger partial charge in [0.25, 0.3) is 0 Å². The molecule has 63 heavy (non-hydrogen) atoms. The number of nitrogens with zero attached hydrogens (tertiary/aromatic N) is 1. The van der Waals surface area contributed by atoms with Crippen molar-refractivity contribution in [3.05, 3.63) is 226 Å². The van der Waals surface area contributed by atoms with Crippen LogP contribution in [0.1, 0.15) is 91.2 Å². The first kappa shape index (κ1) is 39.0. The molecule has 1 heterocycles. The zero-order valence-electron chi connectivity index (χ0n) is 36.8. The van der Waals surface area contributed by atoms with Gasteiger partial charge in [0.05, 0.1) is 0 Å². The summed E-state index contributed by atoms with van der Waals surface area (Å²) in [7, 11) is 0. The maximum Gasteiger partial charge on any atom is 0.134 e. The fourth-order valence-electron chi connectivity index (χ4n) is 10.8.